The Morgan fingerprint density at radius 2 is 2.00 bits per heavy atom. The van der Waals surface area contributed by atoms with Crippen molar-refractivity contribution >= 4 is 27.4 Å². The quantitative estimate of drug-likeness (QED) is 0.727. The van der Waals surface area contributed by atoms with Crippen LogP contribution in [0.5, 0.6) is 0 Å². The van der Waals surface area contributed by atoms with E-state index in [0.717, 1.165) is 21.7 Å². The molecule has 18 heavy (non-hydrogen) atoms. The Bertz CT molecular complexity index is 733. The van der Waals surface area contributed by atoms with Crippen LogP contribution in [0, 0.1) is 13.8 Å². The van der Waals surface area contributed by atoms with Gasteiger partial charge in [0, 0.05) is 17.3 Å². The number of nitrogen functional groups attached to an aromatic ring is 1. The maximum Gasteiger partial charge on any atom is 0.161 e. The molecule has 0 aliphatic rings. The molecule has 1 aromatic carbocycles. The van der Waals surface area contributed by atoms with E-state index in [9.17, 15) is 0 Å². The Hall–Kier alpha value is -2.01. The highest BCUT2D eigenvalue weighted by atomic mass is 32.1. The van der Waals surface area contributed by atoms with E-state index in [4.69, 9.17) is 5.73 Å². The van der Waals surface area contributed by atoms with Crippen LogP contribution >= 0.6 is 11.3 Å². The van der Waals surface area contributed by atoms with Crippen LogP contribution in [0.3, 0.4) is 0 Å². The molecule has 0 aliphatic carbocycles. The number of aromatic nitrogens is 3. The van der Waals surface area contributed by atoms with Gasteiger partial charge in [-0.2, -0.15) is 0 Å². The number of anilines is 1. The number of hydrogen-bond acceptors (Lipinski definition) is 5. The summed E-state index contributed by atoms with van der Waals surface area (Å²) in [5.41, 5.74) is 8.63. The molecule has 0 radical (unpaired) electrons. The zero-order valence-corrected chi connectivity index (χ0v) is 11.0. The number of fused-ring (bicyclic) bond motifs is 1. The summed E-state index contributed by atoms with van der Waals surface area (Å²) < 4.78 is 1.18. The lowest BCUT2D eigenvalue weighted by Crippen LogP contribution is -1.98. The van der Waals surface area contributed by atoms with Gasteiger partial charge in [-0.15, -0.1) is 11.3 Å². The normalized spacial score (nSPS) is 11.0. The second-order valence-electron chi connectivity index (χ2n) is 4.18. The van der Waals surface area contributed by atoms with Gasteiger partial charge >= 0.3 is 0 Å². The van der Waals surface area contributed by atoms with Crippen molar-refractivity contribution in [2.24, 2.45) is 0 Å². The number of nitrogens with zero attached hydrogens (tertiary/aromatic N) is 3. The van der Waals surface area contributed by atoms with E-state index in [2.05, 4.69) is 21.0 Å². The summed E-state index contributed by atoms with van der Waals surface area (Å²) in [4.78, 5) is 13.1. The zero-order chi connectivity index (χ0) is 12.7. The fourth-order valence-electron chi connectivity index (χ4n) is 1.78. The van der Waals surface area contributed by atoms with Gasteiger partial charge in [-0.1, -0.05) is 0 Å². The van der Waals surface area contributed by atoms with Crippen LogP contribution in [0.1, 0.15) is 10.6 Å². The molecular weight excluding hydrogens is 244 g/mol. The number of rotatable bonds is 1. The molecule has 0 fully saturated rings. The Morgan fingerprint density at radius 1 is 1.17 bits per heavy atom. The molecule has 2 heterocycles. The van der Waals surface area contributed by atoms with Crippen LogP contribution in [0.4, 0.5) is 5.82 Å². The average molecular weight is 256 g/mol. The first-order valence-electron chi connectivity index (χ1n) is 5.60. The smallest absolute Gasteiger partial charge is 0.161 e. The first kappa shape index (κ1) is 11.1. The Labute approximate surface area is 109 Å². The predicted octanol–water partition coefficient (Wildman–Crippen LogP) is 2.95. The van der Waals surface area contributed by atoms with E-state index in [1.165, 1.54) is 4.70 Å². The van der Waals surface area contributed by atoms with Gasteiger partial charge < -0.3 is 5.73 Å². The highest BCUT2D eigenvalue weighted by Crippen LogP contribution is 2.26. The standard InChI is InChI=1S/C13H12N4S/c1-7-6-15-13(17-12(7)14)9-3-4-11-10(5-9)16-8(2)18-11/h3-6H,1-2H3,(H2,14,15,17). The number of thiazole rings is 1. The van der Waals surface area contributed by atoms with Crippen molar-refractivity contribution in [3.63, 3.8) is 0 Å². The summed E-state index contributed by atoms with van der Waals surface area (Å²) in [5, 5.41) is 1.06. The molecule has 4 nitrogen and oxygen atoms in total. The summed E-state index contributed by atoms with van der Waals surface area (Å²) in [7, 11) is 0. The number of hydrogen-bond donors (Lipinski definition) is 1. The van der Waals surface area contributed by atoms with Crippen molar-refractivity contribution in [2.75, 3.05) is 5.73 Å². The molecule has 5 heteroatoms. The van der Waals surface area contributed by atoms with E-state index >= 15 is 0 Å². The van der Waals surface area contributed by atoms with Gasteiger partial charge in [0.25, 0.3) is 0 Å². The van der Waals surface area contributed by atoms with E-state index < -0.39 is 0 Å². The molecule has 0 atom stereocenters. The van der Waals surface area contributed by atoms with Crippen molar-refractivity contribution < 1.29 is 0 Å². The van der Waals surface area contributed by atoms with Crippen LogP contribution in [-0.2, 0) is 0 Å². The van der Waals surface area contributed by atoms with E-state index in [-0.39, 0.29) is 0 Å². The third-order valence-electron chi connectivity index (χ3n) is 2.76. The maximum atomic E-state index is 5.81. The second-order valence-corrected chi connectivity index (χ2v) is 5.41. The predicted molar refractivity (Wildman–Crippen MR) is 74.5 cm³/mol. The Kier molecular flexibility index (Phi) is 2.48. The SMILES string of the molecule is Cc1nc2cc(-c3ncc(C)c(N)n3)ccc2s1. The molecule has 0 saturated heterocycles. The van der Waals surface area contributed by atoms with Gasteiger partial charge in [-0.25, -0.2) is 15.0 Å². The van der Waals surface area contributed by atoms with Crippen molar-refractivity contribution in [1.82, 2.24) is 15.0 Å². The largest absolute Gasteiger partial charge is 0.383 e. The molecule has 3 aromatic rings. The van der Waals surface area contributed by atoms with Gasteiger partial charge in [0.2, 0.25) is 0 Å². The number of aryl methyl sites for hydroxylation is 2. The first-order valence-corrected chi connectivity index (χ1v) is 6.42. The van der Waals surface area contributed by atoms with Crippen molar-refractivity contribution in [2.45, 2.75) is 13.8 Å². The third-order valence-corrected chi connectivity index (χ3v) is 3.72. The van der Waals surface area contributed by atoms with Crippen LogP contribution in [0.25, 0.3) is 21.6 Å². The third kappa shape index (κ3) is 1.82. The lowest BCUT2D eigenvalue weighted by atomic mass is 10.2. The number of benzene rings is 1. The minimum atomic E-state index is 0.523. The molecule has 0 spiro atoms. The molecule has 0 amide bonds. The fraction of sp³-hybridized carbons (Fsp3) is 0.154. The van der Waals surface area contributed by atoms with Crippen molar-refractivity contribution in [3.05, 3.63) is 35.0 Å². The van der Waals surface area contributed by atoms with Crippen molar-refractivity contribution in [3.8, 4) is 11.4 Å². The highest BCUT2D eigenvalue weighted by molar-refractivity contribution is 7.18. The van der Waals surface area contributed by atoms with Gasteiger partial charge in [0.05, 0.1) is 15.2 Å². The summed E-state index contributed by atoms with van der Waals surface area (Å²) in [6.45, 7) is 3.90. The van der Waals surface area contributed by atoms with Gasteiger partial charge in [0.1, 0.15) is 5.82 Å². The van der Waals surface area contributed by atoms with Crippen LogP contribution < -0.4 is 5.73 Å². The molecule has 2 N–H and O–H groups in total. The van der Waals surface area contributed by atoms with E-state index in [1.54, 1.807) is 17.5 Å². The van der Waals surface area contributed by atoms with Crippen molar-refractivity contribution in [1.29, 1.82) is 0 Å². The minimum Gasteiger partial charge on any atom is -0.383 e. The monoisotopic (exact) mass is 256 g/mol. The van der Waals surface area contributed by atoms with Crippen LogP contribution in [0.15, 0.2) is 24.4 Å². The van der Waals surface area contributed by atoms with E-state index in [1.807, 2.05) is 26.0 Å². The van der Waals surface area contributed by atoms with Gasteiger partial charge in [0.15, 0.2) is 5.82 Å². The van der Waals surface area contributed by atoms with E-state index in [0.29, 0.717) is 11.6 Å². The summed E-state index contributed by atoms with van der Waals surface area (Å²) in [5.74, 6) is 1.17. The van der Waals surface area contributed by atoms with Crippen LogP contribution in [0.2, 0.25) is 0 Å². The second kappa shape index (κ2) is 4.03. The Balaban J connectivity index is 2.15. The highest BCUT2D eigenvalue weighted by Gasteiger charge is 2.07. The molecule has 0 bridgehead atoms. The summed E-state index contributed by atoms with van der Waals surface area (Å²) >= 11 is 1.69. The summed E-state index contributed by atoms with van der Waals surface area (Å²) in [6.07, 6.45) is 1.74. The van der Waals surface area contributed by atoms with Crippen LogP contribution in [-0.4, -0.2) is 15.0 Å². The number of nitrogens with two attached hydrogens (primary N) is 1. The summed E-state index contributed by atoms with van der Waals surface area (Å²) in [6, 6.07) is 6.06. The minimum absolute atomic E-state index is 0.523. The average Bonchev–Trinajstić information content (AvgIpc) is 2.71. The van der Waals surface area contributed by atoms with Gasteiger partial charge in [-0.3, -0.25) is 0 Å². The molecule has 0 unspecified atom stereocenters. The molecule has 90 valence electrons. The fourth-order valence-corrected chi connectivity index (χ4v) is 2.58. The molecule has 0 aliphatic heterocycles. The topological polar surface area (TPSA) is 64.7 Å². The lowest BCUT2D eigenvalue weighted by molar-refractivity contribution is 1.15. The lowest BCUT2D eigenvalue weighted by Gasteiger charge is -2.03. The van der Waals surface area contributed by atoms with Gasteiger partial charge in [-0.05, 0) is 32.0 Å². The maximum absolute atomic E-state index is 5.81. The molecule has 0 saturated carbocycles. The first-order chi connectivity index (χ1) is 8.63. The Morgan fingerprint density at radius 3 is 2.78 bits per heavy atom. The zero-order valence-electron chi connectivity index (χ0n) is 10.1. The molecular formula is C13H12N4S. The molecule has 3 rings (SSSR count). The molecule has 2 aromatic heterocycles.